The zero-order valence-corrected chi connectivity index (χ0v) is 18.3. The number of anilines is 1. The third kappa shape index (κ3) is 7.93. The van der Waals surface area contributed by atoms with Crippen LogP contribution in [0, 0.1) is 0 Å². The van der Waals surface area contributed by atoms with Gasteiger partial charge < -0.3 is 25.6 Å². The number of ether oxygens (including phenoxy) is 1. The van der Waals surface area contributed by atoms with Gasteiger partial charge >= 0.3 is 0 Å². The number of hydrogen-bond acceptors (Lipinski definition) is 5. The van der Waals surface area contributed by atoms with Crippen LogP contribution in [0.15, 0.2) is 24.3 Å². The van der Waals surface area contributed by atoms with Crippen LogP contribution in [-0.4, -0.2) is 68.2 Å². The lowest BCUT2D eigenvalue weighted by Gasteiger charge is -2.29. The fourth-order valence-corrected chi connectivity index (χ4v) is 2.95. The van der Waals surface area contributed by atoms with Crippen molar-refractivity contribution in [2.45, 2.75) is 32.9 Å². The first-order valence-electron chi connectivity index (χ1n) is 9.31. The fourth-order valence-electron chi connectivity index (χ4n) is 2.95. The fraction of sp³-hybridized carbons (Fsp3) is 0.579. The number of carbonyl (C=O) groups is 2. The van der Waals surface area contributed by atoms with Gasteiger partial charge in [0.05, 0.1) is 12.7 Å². The van der Waals surface area contributed by atoms with Crippen LogP contribution in [0.5, 0.6) is 0 Å². The molecule has 9 heteroatoms. The van der Waals surface area contributed by atoms with Crippen molar-refractivity contribution in [3.8, 4) is 0 Å². The summed E-state index contributed by atoms with van der Waals surface area (Å²) in [5.41, 5.74) is 1.13. The van der Waals surface area contributed by atoms with E-state index in [0.29, 0.717) is 30.9 Å². The smallest absolute Gasteiger partial charge is 0.251 e. The Kier molecular flexibility index (Phi) is 13.1. The SMILES string of the molecule is CCN(CC)CCNC(=O)c1cccc(NC(=O)[C@H]2NCCO[C@@H]2C)c1.Cl.Cl. The topological polar surface area (TPSA) is 82.7 Å². The Bertz CT molecular complexity index is 615. The molecule has 0 unspecified atom stereocenters. The Hall–Kier alpha value is -1.38. The Morgan fingerprint density at radius 3 is 2.61 bits per heavy atom. The normalized spacial score (nSPS) is 18.6. The van der Waals surface area contributed by atoms with Gasteiger partial charge in [-0.15, -0.1) is 24.8 Å². The van der Waals surface area contributed by atoms with Gasteiger partial charge in [-0.1, -0.05) is 19.9 Å². The van der Waals surface area contributed by atoms with Crippen LogP contribution in [0.25, 0.3) is 0 Å². The van der Waals surface area contributed by atoms with Crippen molar-refractivity contribution in [3.63, 3.8) is 0 Å². The summed E-state index contributed by atoms with van der Waals surface area (Å²) in [4.78, 5) is 27.0. The number of carbonyl (C=O) groups excluding carboxylic acids is 2. The maximum atomic E-state index is 12.4. The van der Waals surface area contributed by atoms with E-state index in [1.165, 1.54) is 0 Å². The zero-order chi connectivity index (χ0) is 18.9. The van der Waals surface area contributed by atoms with E-state index < -0.39 is 6.04 Å². The minimum absolute atomic E-state index is 0. The average Bonchev–Trinajstić information content (AvgIpc) is 2.65. The van der Waals surface area contributed by atoms with Crippen LogP contribution in [0.2, 0.25) is 0 Å². The Morgan fingerprint density at radius 2 is 1.96 bits per heavy atom. The molecule has 2 atom stereocenters. The second-order valence-corrected chi connectivity index (χ2v) is 6.36. The summed E-state index contributed by atoms with van der Waals surface area (Å²) in [6.45, 7) is 10.7. The minimum atomic E-state index is -0.393. The van der Waals surface area contributed by atoms with Gasteiger partial charge in [-0.3, -0.25) is 9.59 Å². The van der Waals surface area contributed by atoms with E-state index in [9.17, 15) is 9.59 Å². The van der Waals surface area contributed by atoms with Gasteiger partial charge in [-0.05, 0) is 38.2 Å². The molecule has 0 bridgehead atoms. The van der Waals surface area contributed by atoms with Crippen molar-refractivity contribution >= 4 is 42.3 Å². The summed E-state index contributed by atoms with van der Waals surface area (Å²) in [6, 6.07) is 6.59. The van der Waals surface area contributed by atoms with Crippen LogP contribution < -0.4 is 16.0 Å². The van der Waals surface area contributed by atoms with Crippen molar-refractivity contribution in [1.82, 2.24) is 15.5 Å². The first kappa shape index (κ1) is 26.6. The van der Waals surface area contributed by atoms with E-state index in [1.54, 1.807) is 24.3 Å². The van der Waals surface area contributed by atoms with Gasteiger partial charge in [0.15, 0.2) is 0 Å². The van der Waals surface area contributed by atoms with E-state index in [0.717, 1.165) is 19.6 Å². The predicted octanol–water partition coefficient (Wildman–Crippen LogP) is 1.92. The molecule has 0 saturated carbocycles. The number of nitrogens with one attached hydrogen (secondary N) is 3. The summed E-state index contributed by atoms with van der Waals surface area (Å²) >= 11 is 0. The summed E-state index contributed by atoms with van der Waals surface area (Å²) in [6.07, 6.45) is -0.185. The molecule has 0 radical (unpaired) electrons. The second-order valence-electron chi connectivity index (χ2n) is 6.36. The number of morpholine rings is 1. The van der Waals surface area contributed by atoms with Gasteiger partial charge in [-0.2, -0.15) is 0 Å². The molecule has 2 rings (SSSR count). The highest BCUT2D eigenvalue weighted by molar-refractivity contribution is 5.98. The van der Waals surface area contributed by atoms with Gasteiger partial charge in [0, 0.05) is 30.9 Å². The van der Waals surface area contributed by atoms with Crippen molar-refractivity contribution in [3.05, 3.63) is 29.8 Å². The lowest BCUT2D eigenvalue weighted by atomic mass is 10.1. The van der Waals surface area contributed by atoms with Crippen molar-refractivity contribution in [1.29, 1.82) is 0 Å². The predicted molar refractivity (Wildman–Crippen MR) is 117 cm³/mol. The summed E-state index contributed by atoms with van der Waals surface area (Å²) < 4.78 is 5.50. The van der Waals surface area contributed by atoms with Crippen LogP contribution in [0.4, 0.5) is 5.69 Å². The molecular weight excluding hydrogens is 403 g/mol. The molecule has 2 amide bonds. The molecule has 1 heterocycles. The number of halogens is 2. The maximum Gasteiger partial charge on any atom is 0.251 e. The molecule has 28 heavy (non-hydrogen) atoms. The third-order valence-electron chi connectivity index (χ3n) is 4.60. The molecule has 1 aliphatic heterocycles. The van der Waals surface area contributed by atoms with Crippen LogP contribution in [0.3, 0.4) is 0 Å². The van der Waals surface area contributed by atoms with E-state index in [2.05, 4.69) is 34.7 Å². The Balaban J connectivity index is 0.00000364. The molecule has 1 aromatic rings. The monoisotopic (exact) mass is 434 g/mol. The Labute approximate surface area is 179 Å². The first-order valence-corrected chi connectivity index (χ1v) is 9.31. The minimum Gasteiger partial charge on any atom is -0.375 e. The second kappa shape index (κ2) is 13.7. The largest absolute Gasteiger partial charge is 0.375 e. The number of benzene rings is 1. The van der Waals surface area contributed by atoms with E-state index in [4.69, 9.17) is 4.74 Å². The van der Waals surface area contributed by atoms with Crippen molar-refractivity contribution in [2.24, 2.45) is 0 Å². The van der Waals surface area contributed by atoms with Crippen molar-refractivity contribution in [2.75, 3.05) is 44.6 Å². The highest BCUT2D eigenvalue weighted by Crippen LogP contribution is 2.13. The zero-order valence-electron chi connectivity index (χ0n) is 16.7. The van der Waals surface area contributed by atoms with Crippen LogP contribution in [0.1, 0.15) is 31.1 Å². The molecule has 0 aliphatic carbocycles. The number of nitrogens with zero attached hydrogens (tertiary/aromatic N) is 1. The summed E-state index contributed by atoms with van der Waals surface area (Å²) in [5, 5.41) is 8.94. The molecule has 7 nitrogen and oxygen atoms in total. The van der Waals surface area contributed by atoms with E-state index in [1.807, 2.05) is 6.92 Å². The highest BCUT2D eigenvalue weighted by Gasteiger charge is 2.28. The van der Waals surface area contributed by atoms with Crippen LogP contribution >= 0.6 is 24.8 Å². The first-order chi connectivity index (χ1) is 12.5. The van der Waals surface area contributed by atoms with Gasteiger partial charge in [0.2, 0.25) is 5.91 Å². The average molecular weight is 435 g/mol. The molecule has 0 aromatic heterocycles. The molecule has 1 aliphatic rings. The van der Waals surface area contributed by atoms with Gasteiger partial charge in [-0.25, -0.2) is 0 Å². The van der Waals surface area contributed by atoms with E-state index in [-0.39, 0.29) is 42.7 Å². The lowest BCUT2D eigenvalue weighted by Crippen LogP contribution is -2.53. The number of likely N-dealkylation sites (N-methyl/N-ethyl adjacent to an activating group) is 1. The molecule has 160 valence electrons. The molecule has 1 fully saturated rings. The van der Waals surface area contributed by atoms with Gasteiger partial charge in [0.1, 0.15) is 6.04 Å². The summed E-state index contributed by atoms with van der Waals surface area (Å²) in [7, 11) is 0. The maximum absolute atomic E-state index is 12.4. The van der Waals surface area contributed by atoms with Crippen molar-refractivity contribution < 1.29 is 14.3 Å². The van der Waals surface area contributed by atoms with Crippen LogP contribution in [-0.2, 0) is 9.53 Å². The number of hydrogen-bond donors (Lipinski definition) is 3. The standard InChI is InChI=1S/C19H30N4O3.2ClH/c1-4-23(5-2)11-9-21-18(24)15-7-6-8-16(13-15)22-19(25)17-14(3)26-12-10-20-17;;/h6-8,13-14,17,20H,4-5,9-12H2,1-3H3,(H,21,24)(H,22,25);2*1H/t14-,17+;;/m1../s1. The summed E-state index contributed by atoms with van der Waals surface area (Å²) in [5.74, 6) is -0.294. The number of amides is 2. The molecule has 0 spiro atoms. The van der Waals surface area contributed by atoms with Gasteiger partial charge in [0.25, 0.3) is 5.91 Å². The quantitative estimate of drug-likeness (QED) is 0.581. The highest BCUT2D eigenvalue weighted by atomic mass is 35.5. The molecule has 1 saturated heterocycles. The molecule has 1 aromatic carbocycles. The third-order valence-corrected chi connectivity index (χ3v) is 4.60. The molecular formula is C19H32Cl2N4O3. The number of rotatable bonds is 8. The molecule has 3 N–H and O–H groups in total. The lowest BCUT2D eigenvalue weighted by molar-refractivity contribution is -0.123. The Morgan fingerprint density at radius 1 is 1.25 bits per heavy atom. The van der Waals surface area contributed by atoms with E-state index >= 15 is 0 Å².